The van der Waals surface area contributed by atoms with E-state index >= 15 is 0 Å². The van der Waals surface area contributed by atoms with Gasteiger partial charge < -0.3 is 19.9 Å². The fourth-order valence-electron chi connectivity index (χ4n) is 1.93. The quantitative estimate of drug-likeness (QED) is 0.583. The minimum absolute atomic E-state index is 0.000356. The SMILES string of the molecule is COC(=O)/C=C(/Nc1ccc(-n2ccc(C(=O)O)n2)c(F)c1)C(=O)OC. The summed E-state index contributed by atoms with van der Waals surface area (Å²) in [6, 6.07) is 5.01. The highest BCUT2D eigenvalue weighted by Gasteiger charge is 2.15. The summed E-state index contributed by atoms with van der Waals surface area (Å²) in [6.07, 6.45) is 2.16. The average Bonchev–Trinajstić information content (AvgIpc) is 3.10. The smallest absolute Gasteiger partial charge is 0.356 e. The van der Waals surface area contributed by atoms with Gasteiger partial charge in [-0.15, -0.1) is 0 Å². The average molecular weight is 363 g/mol. The Morgan fingerprint density at radius 2 is 1.96 bits per heavy atom. The van der Waals surface area contributed by atoms with Gasteiger partial charge in [-0.25, -0.2) is 23.5 Å². The molecule has 9 nitrogen and oxygen atoms in total. The molecule has 1 aromatic carbocycles. The van der Waals surface area contributed by atoms with Gasteiger partial charge in [0.1, 0.15) is 11.4 Å². The molecule has 0 radical (unpaired) electrons. The Balaban J connectivity index is 2.30. The fraction of sp³-hybridized carbons (Fsp3) is 0.125. The van der Waals surface area contributed by atoms with E-state index in [4.69, 9.17) is 5.11 Å². The number of nitrogens with one attached hydrogen (secondary N) is 1. The van der Waals surface area contributed by atoms with Crippen molar-refractivity contribution < 1.29 is 33.4 Å². The molecule has 0 aliphatic heterocycles. The molecule has 0 amide bonds. The lowest BCUT2D eigenvalue weighted by molar-refractivity contribution is -0.138. The van der Waals surface area contributed by atoms with Crippen LogP contribution in [-0.2, 0) is 19.1 Å². The molecule has 0 unspecified atom stereocenters. The van der Waals surface area contributed by atoms with Gasteiger partial charge >= 0.3 is 17.9 Å². The van der Waals surface area contributed by atoms with Crippen LogP contribution in [0.2, 0.25) is 0 Å². The van der Waals surface area contributed by atoms with Crippen molar-refractivity contribution in [2.75, 3.05) is 19.5 Å². The predicted molar refractivity (Wildman–Crippen MR) is 86.2 cm³/mol. The van der Waals surface area contributed by atoms with E-state index in [2.05, 4.69) is 19.9 Å². The topological polar surface area (TPSA) is 120 Å². The summed E-state index contributed by atoms with van der Waals surface area (Å²) >= 11 is 0. The molecule has 0 bridgehead atoms. The van der Waals surface area contributed by atoms with E-state index in [1.165, 1.54) is 24.4 Å². The van der Waals surface area contributed by atoms with Crippen molar-refractivity contribution in [1.82, 2.24) is 9.78 Å². The molecule has 2 aromatic rings. The van der Waals surface area contributed by atoms with E-state index in [0.29, 0.717) is 0 Å². The summed E-state index contributed by atoms with van der Waals surface area (Å²) < 4.78 is 24.4. The van der Waals surface area contributed by atoms with Crippen LogP contribution in [0.1, 0.15) is 10.5 Å². The molecule has 2 rings (SSSR count). The van der Waals surface area contributed by atoms with Gasteiger partial charge in [-0.2, -0.15) is 5.10 Å². The number of halogens is 1. The lowest BCUT2D eigenvalue weighted by Crippen LogP contribution is -2.15. The second-order valence-corrected chi connectivity index (χ2v) is 4.81. The third-order valence-electron chi connectivity index (χ3n) is 3.15. The second kappa shape index (κ2) is 7.92. The molecule has 0 aliphatic carbocycles. The number of hydrogen-bond acceptors (Lipinski definition) is 7. The number of methoxy groups -OCH3 is 2. The number of hydrogen-bond donors (Lipinski definition) is 2. The maximum atomic E-state index is 14.3. The number of aromatic carboxylic acids is 1. The lowest BCUT2D eigenvalue weighted by Gasteiger charge is -2.10. The van der Waals surface area contributed by atoms with Gasteiger partial charge in [0.2, 0.25) is 0 Å². The second-order valence-electron chi connectivity index (χ2n) is 4.81. The molecule has 0 saturated carbocycles. The Bertz CT molecular complexity index is 890. The lowest BCUT2D eigenvalue weighted by atomic mass is 10.2. The highest BCUT2D eigenvalue weighted by Crippen LogP contribution is 2.19. The van der Waals surface area contributed by atoms with Gasteiger partial charge in [0.25, 0.3) is 0 Å². The Hall–Kier alpha value is -3.69. The van der Waals surface area contributed by atoms with Crippen LogP contribution in [0.3, 0.4) is 0 Å². The van der Waals surface area contributed by atoms with E-state index in [1.54, 1.807) is 0 Å². The molecular formula is C16H14FN3O6. The van der Waals surface area contributed by atoms with Crippen molar-refractivity contribution in [3.63, 3.8) is 0 Å². The first kappa shape index (κ1) is 18.6. The third-order valence-corrected chi connectivity index (χ3v) is 3.15. The monoisotopic (exact) mass is 363 g/mol. The van der Waals surface area contributed by atoms with Gasteiger partial charge in [-0.05, 0) is 24.3 Å². The van der Waals surface area contributed by atoms with Crippen LogP contribution in [-0.4, -0.2) is 47.0 Å². The number of carboxylic acids is 1. The van der Waals surface area contributed by atoms with E-state index in [-0.39, 0.29) is 22.8 Å². The minimum atomic E-state index is -1.24. The minimum Gasteiger partial charge on any atom is -0.476 e. The normalized spacial score (nSPS) is 11.0. The molecule has 0 spiro atoms. The number of carbonyl (C=O) groups is 3. The van der Waals surface area contributed by atoms with Crippen LogP contribution < -0.4 is 5.32 Å². The standard InChI is InChI=1S/C16H14FN3O6/c1-25-14(21)8-12(16(24)26-2)18-9-3-4-13(10(17)7-9)20-6-5-11(19-20)15(22)23/h3-8,18H,1-2H3,(H,22,23)/b12-8+. The van der Waals surface area contributed by atoms with Crippen molar-refractivity contribution >= 4 is 23.6 Å². The number of nitrogens with zero attached hydrogens (tertiary/aromatic N) is 2. The first-order valence-corrected chi connectivity index (χ1v) is 7.09. The van der Waals surface area contributed by atoms with E-state index in [9.17, 15) is 18.8 Å². The molecular weight excluding hydrogens is 349 g/mol. The summed E-state index contributed by atoms with van der Waals surface area (Å²) in [4.78, 5) is 33.8. The molecule has 1 heterocycles. The van der Waals surface area contributed by atoms with Crippen molar-refractivity contribution in [3.8, 4) is 5.69 Å². The van der Waals surface area contributed by atoms with Crippen LogP contribution in [0.5, 0.6) is 0 Å². The van der Waals surface area contributed by atoms with E-state index < -0.39 is 23.7 Å². The highest BCUT2D eigenvalue weighted by molar-refractivity contribution is 5.98. The highest BCUT2D eigenvalue weighted by atomic mass is 19.1. The van der Waals surface area contributed by atoms with Crippen LogP contribution in [0.15, 0.2) is 42.2 Å². The number of esters is 2. The summed E-state index contributed by atoms with van der Waals surface area (Å²) in [6.45, 7) is 0. The first-order valence-electron chi connectivity index (χ1n) is 7.09. The van der Waals surface area contributed by atoms with Crippen molar-refractivity contribution in [2.45, 2.75) is 0 Å². The summed E-state index contributed by atoms with van der Waals surface area (Å²) in [7, 11) is 2.26. The Morgan fingerprint density at radius 3 is 2.50 bits per heavy atom. The zero-order valence-electron chi connectivity index (χ0n) is 13.7. The molecule has 26 heavy (non-hydrogen) atoms. The van der Waals surface area contributed by atoms with E-state index in [0.717, 1.165) is 31.0 Å². The number of benzene rings is 1. The number of aromatic nitrogens is 2. The van der Waals surface area contributed by atoms with Crippen LogP contribution in [0.25, 0.3) is 5.69 Å². The number of anilines is 1. The van der Waals surface area contributed by atoms with Crippen LogP contribution in [0, 0.1) is 5.82 Å². The molecule has 136 valence electrons. The molecule has 0 fully saturated rings. The Labute approximate surface area is 146 Å². The fourth-order valence-corrected chi connectivity index (χ4v) is 1.93. The number of rotatable bonds is 6. The summed E-state index contributed by atoms with van der Waals surface area (Å²) in [5, 5.41) is 15.2. The van der Waals surface area contributed by atoms with Gasteiger partial charge in [0, 0.05) is 11.9 Å². The largest absolute Gasteiger partial charge is 0.476 e. The first-order chi connectivity index (χ1) is 12.3. The predicted octanol–water partition coefficient (Wildman–Crippen LogP) is 1.35. The Kier molecular flexibility index (Phi) is 5.68. The molecule has 1 aromatic heterocycles. The van der Waals surface area contributed by atoms with Gasteiger partial charge in [-0.3, -0.25) is 0 Å². The zero-order valence-corrected chi connectivity index (χ0v) is 13.7. The van der Waals surface area contributed by atoms with Gasteiger partial charge in [-0.1, -0.05) is 0 Å². The van der Waals surface area contributed by atoms with Crippen molar-refractivity contribution in [3.05, 3.63) is 53.7 Å². The molecule has 0 atom stereocenters. The molecule has 0 saturated heterocycles. The van der Waals surface area contributed by atoms with Gasteiger partial charge in [0.05, 0.1) is 20.3 Å². The molecule has 2 N–H and O–H groups in total. The summed E-state index contributed by atoms with van der Waals surface area (Å²) in [5.41, 5.74) is -0.337. The van der Waals surface area contributed by atoms with Crippen LogP contribution in [0.4, 0.5) is 10.1 Å². The number of ether oxygens (including phenoxy) is 2. The molecule has 0 aliphatic rings. The third kappa shape index (κ3) is 4.23. The maximum Gasteiger partial charge on any atom is 0.356 e. The van der Waals surface area contributed by atoms with E-state index in [1.807, 2.05) is 0 Å². The maximum absolute atomic E-state index is 14.3. The number of carboxylic acid groups (broad SMARTS) is 1. The van der Waals surface area contributed by atoms with Crippen molar-refractivity contribution in [1.29, 1.82) is 0 Å². The van der Waals surface area contributed by atoms with Crippen LogP contribution >= 0.6 is 0 Å². The Morgan fingerprint density at radius 1 is 1.23 bits per heavy atom. The van der Waals surface area contributed by atoms with Crippen molar-refractivity contribution in [2.24, 2.45) is 0 Å². The number of carbonyl (C=O) groups excluding carboxylic acids is 2. The molecule has 10 heteroatoms. The summed E-state index contributed by atoms with van der Waals surface area (Å²) in [5.74, 6) is -3.62. The van der Waals surface area contributed by atoms with Gasteiger partial charge in [0.15, 0.2) is 11.5 Å². The zero-order chi connectivity index (χ0) is 19.3.